The second-order valence-electron chi connectivity index (χ2n) is 5.14. The molecule has 2 rings (SSSR count). The van der Waals surface area contributed by atoms with Crippen molar-refractivity contribution in [3.05, 3.63) is 11.8 Å². The highest BCUT2D eigenvalue weighted by Crippen LogP contribution is 2.21. The van der Waals surface area contributed by atoms with E-state index in [0.29, 0.717) is 0 Å². The lowest BCUT2D eigenvalue weighted by molar-refractivity contribution is 0.746. The Hall–Kier alpha value is -1.32. The van der Waals surface area contributed by atoms with Crippen LogP contribution in [0.3, 0.4) is 0 Å². The summed E-state index contributed by atoms with van der Waals surface area (Å²) < 4.78 is 0. The van der Waals surface area contributed by atoms with Gasteiger partial charge >= 0.3 is 0 Å². The molecule has 1 aliphatic rings. The Labute approximate surface area is 110 Å². The summed E-state index contributed by atoms with van der Waals surface area (Å²) in [5.74, 6) is 1.96. The average molecular weight is 248 g/mol. The molecule has 4 heteroatoms. The fraction of sp³-hybridized carbons (Fsp3) is 0.714. The number of hydrogen-bond acceptors (Lipinski definition) is 4. The van der Waals surface area contributed by atoms with Gasteiger partial charge in [-0.2, -0.15) is 4.98 Å². The number of aromatic nitrogens is 2. The highest BCUT2D eigenvalue weighted by molar-refractivity contribution is 5.46. The predicted molar refractivity (Wildman–Crippen MR) is 76.4 cm³/mol. The van der Waals surface area contributed by atoms with Crippen molar-refractivity contribution in [2.24, 2.45) is 0 Å². The van der Waals surface area contributed by atoms with Crippen LogP contribution < -0.4 is 9.80 Å². The van der Waals surface area contributed by atoms with Gasteiger partial charge in [0.1, 0.15) is 5.82 Å². The Balaban J connectivity index is 2.14. The van der Waals surface area contributed by atoms with Crippen molar-refractivity contribution >= 4 is 11.8 Å². The Kier molecular flexibility index (Phi) is 4.39. The quantitative estimate of drug-likeness (QED) is 0.802. The average Bonchev–Trinajstić information content (AvgIpc) is 2.89. The third-order valence-electron chi connectivity index (χ3n) is 3.45. The summed E-state index contributed by atoms with van der Waals surface area (Å²) in [5.41, 5.74) is 1.06. The largest absolute Gasteiger partial charge is 0.356 e. The van der Waals surface area contributed by atoms with Crippen molar-refractivity contribution in [1.29, 1.82) is 0 Å². The van der Waals surface area contributed by atoms with Gasteiger partial charge in [0, 0.05) is 38.4 Å². The maximum atomic E-state index is 4.71. The summed E-state index contributed by atoms with van der Waals surface area (Å²) >= 11 is 0. The molecule has 0 aromatic carbocycles. The smallest absolute Gasteiger partial charge is 0.227 e. The lowest BCUT2D eigenvalue weighted by Crippen LogP contribution is -2.24. The first kappa shape index (κ1) is 13.1. The van der Waals surface area contributed by atoms with E-state index in [-0.39, 0.29) is 0 Å². The van der Waals surface area contributed by atoms with Crippen LogP contribution in [-0.4, -0.2) is 36.6 Å². The van der Waals surface area contributed by atoms with Crippen LogP contribution in [0.25, 0.3) is 0 Å². The number of rotatable bonds is 5. The lowest BCUT2D eigenvalue weighted by Gasteiger charge is -2.21. The summed E-state index contributed by atoms with van der Waals surface area (Å²) in [5, 5.41) is 0. The van der Waals surface area contributed by atoms with E-state index in [9.17, 15) is 0 Å². The minimum absolute atomic E-state index is 0.866. The number of anilines is 2. The van der Waals surface area contributed by atoms with Gasteiger partial charge < -0.3 is 9.80 Å². The molecule has 1 aromatic rings. The van der Waals surface area contributed by atoms with Gasteiger partial charge in [0.05, 0.1) is 0 Å². The molecule has 18 heavy (non-hydrogen) atoms. The molecule has 1 aromatic heterocycles. The molecule has 0 atom stereocenters. The molecule has 0 spiro atoms. The van der Waals surface area contributed by atoms with Gasteiger partial charge in [0.25, 0.3) is 0 Å². The summed E-state index contributed by atoms with van der Waals surface area (Å²) in [6.45, 7) is 7.56. The molecular formula is C14H24N4. The van der Waals surface area contributed by atoms with Crippen LogP contribution in [0.15, 0.2) is 6.07 Å². The van der Waals surface area contributed by atoms with Crippen molar-refractivity contribution in [1.82, 2.24) is 9.97 Å². The van der Waals surface area contributed by atoms with Crippen LogP contribution in [0.1, 0.15) is 38.3 Å². The van der Waals surface area contributed by atoms with Crippen molar-refractivity contribution in [3.8, 4) is 0 Å². The number of hydrogen-bond donors (Lipinski definition) is 0. The second kappa shape index (κ2) is 6.03. The molecule has 0 bridgehead atoms. The fourth-order valence-corrected chi connectivity index (χ4v) is 2.31. The molecule has 4 nitrogen and oxygen atoms in total. The Morgan fingerprint density at radius 3 is 2.67 bits per heavy atom. The van der Waals surface area contributed by atoms with Crippen LogP contribution in [0, 0.1) is 6.92 Å². The van der Waals surface area contributed by atoms with E-state index in [4.69, 9.17) is 4.98 Å². The topological polar surface area (TPSA) is 32.3 Å². The Bertz CT molecular complexity index is 385. The maximum Gasteiger partial charge on any atom is 0.227 e. The second-order valence-corrected chi connectivity index (χ2v) is 5.14. The van der Waals surface area contributed by atoms with Crippen LogP contribution in [0.4, 0.5) is 11.8 Å². The molecule has 0 unspecified atom stereocenters. The van der Waals surface area contributed by atoms with Crippen molar-refractivity contribution in [2.75, 3.05) is 36.5 Å². The van der Waals surface area contributed by atoms with Crippen LogP contribution in [0.5, 0.6) is 0 Å². The SMILES string of the molecule is CCCCN(C)c1nc(C)cc(N2CCCC2)n1. The Morgan fingerprint density at radius 2 is 2.00 bits per heavy atom. The van der Waals surface area contributed by atoms with Gasteiger partial charge in [-0.3, -0.25) is 0 Å². The van der Waals surface area contributed by atoms with Crippen molar-refractivity contribution in [2.45, 2.75) is 39.5 Å². The fourth-order valence-electron chi connectivity index (χ4n) is 2.31. The highest BCUT2D eigenvalue weighted by atomic mass is 15.3. The maximum absolute atomic E-state index is 4.71. The molecule has 1 saturated heterocycles. The van der Waals surface area contributed by atoms with Gasteiger partial charge in [-0.15, -0.1) is 0 Å². The Morgan fingerprint density at radius 1 is 1.28 bits per heavy atom. The third kappa shape index (κ3) is 3.12. The van der Waals surface area contributed by atoms with Crippen molar-refractivity contribution in [3.63, 3.8) is 0 Å². The van der Waals surface area contributed by atoms with Gasteiger partial charge in [0.15, 0.2) is 0 Å². The summed E-state index contributed by atoms with van der Waals surface area (Å²) in [7, 11) is 2.08. The minimum atomic E-state index is 0.866. The molecule has 2 heterocycles. The number of unbranched alkanes of at least 4 members (excludes halogenated alkanes) is 1. The molecule has 1 fully saturated rings. The van der Waals surface area contributed by atoms with Gasteiger partial charge in [-0.05, 0) is 26.2 Å². The van der Waals surface area contributed by atoms with E-state index >= 15 is 0 Å². The zero-order valence-corrected chi connectivity index (χ0v) is 11.8. The minimum Gasteiger partial charge on any atom is -0.356 e. The van der Waals surface area contributed by atoms with E-state index < -0.39 is 0 Å². The number of nitrogens with zero attached hydrogens (tertiary/aromatic N) is 4. The third-order valence-corrected chi connectivity index (χ3v) is 3.45. The number of aryl methyl sites for hydroxylation is 1. The highest BCUT2D eigenvalue weighted by Gasteiger charge is 2.16. The van der Waals surface area contributed by atoms with Gasteiger partial charge in [-0.25, -0.2) is 4.98 Å². The van der Waals surface area contributed by atoms with Crippen LogP contribution in [0.2, 0.25) is 0 Å². The molecule has 0 amide bonds. The summed E-state index contributed by atoms with van der Waals surface area (Å²) in [6, 6.07) is 2.10. The molecular weight excluding hydrogens is 224 g/mol. The lowest BCUT2D eigenvalue weighted by atomic mass is 10.3. The van der Waals surface area contributed by atoms with Crippen LogP contribution >= 0.6 is 0 Å². The van der Waals surface area contributed by atoms with E-state index in [1.165, 1.54) is 25.7 Å². The van der Waals surface area contributed by atoms with Gasteiger partial charge in [0.2, 0.25) is 5.95 Å². The monoisotopic (exact) mass is 248 g/mol. The summed E-state index contributed by atoms with van der Waals surface area (Å²) in [4.78, 5) is 13.8. The molecule has 0 N–H and O–H groups in total. The standard InChI is InChI=1S/C14H24N4/c1-4-5-8-17(3)14-15-12(2)11-13(16-14)18-9-6-7-10-18/h11H,4-10H2,1-3H3. The molecule has 0 saturated carbocycles. The van der Waals surface area contributed by atoms with E-state index in [0.717, 1.165) is 37.1 Å². The van der Waals surface area contributed by atoms with Gasteiger partial charge in [-0.1, -0.05) is 13.3 Å². The zero-order valence-electron chi connectivity index (χ0n) is 11.8. The molecule has 0 aliphatic carbocycles. The predicted octanol–water partition coefficient (Wildman–Crippen LogP) is 2.62. The normalized spacial score (nSPS) is 15.2. The molecule has 100 valence electrons. The van der Waals surface area contributed by atoms with Crippen molar-refractivity contribution < 1.29 is 0 Å². The van der Waals surface area contributed by atoms with Crippen LogP contribution in [-0.2, 0) is 0 Å². The molecule has 1 aliphatic heterocycles. The van der Waals surface area contributed by atoms with E-state index in [1.807, 2.05) is 0 Å². The van der Waals surface area contributed by atoms with E-state index in [2.05, 4.69) is 41.7 Å². The molecule has 0 radical (unpaired) electrons. The summed E-state index contributed by atoms with van der Waals surface area (Å²) in [6.07, 6.45) is 4.95. The first-order valence-electron chi connectivity index (χ1n) is 7.02. The van der Waals surface area contributed by atoms with E-state index in [1.54, 1.807) is 0 Å². The zero-order chi connectivity index (χ0) is 13.0. The first-order chi connectivity index (χ1) is 8.70. The first-order valence-corrected chi connectivity index (χ1v) is 7.02.